The average molecular weight is 280 g/mol. The predicted molar refractivity (Wildman–Crippen MR) is 63.9 cm³/mol. The number of halogens is 4. The van der Waals surface area contributed by atoms with Gasteiger partial charge in [0, 0.05) is 18.0 Å². The van der Waals surface area contributed by atoms with E-state index >= 15 is 0 Å². The van der Waals surface area contributed by atoms with Gasteiger partial charge in [-0.25, -0.2) is 0 Å². The highest BCUT2D eigenvalue weighted by molar-refractivity contribution is 6.18. The van der Waals surface area contributed by atoms with Gasteiger partial charge in [-0.3, -0.25) is 4.79 Å². The second-order valence-electron chi connectivity index (χ2n) is 3.90. The van der Waals surface area contributed by atoms with Gasteiger partial charge in [0.1, 0.15) is 6.54 Å². The van der Waals surface area contributed by atoms with Gasteiger partial charge in [0.2, 0.25) is 0 Å². The summed E-state index contributed by atoms with van der Waals surface area (Å²) in [4.78, 5) is 12.6. The number of carbonyl (C=O) groups is 1. The normalized spacial score (nSPS) is 11.4. The molecule has 18 heavy (non-hydrogen) atoms. The number of aryl methyl sites for hydroxylation is 1. The van der Waals surface area contributed by atoms with E-state index in [0.29, 0.717) is 4.90 Å². The first kappa shape index (κ1) is 14.8. The molecule has 100 valence electrons. The zero-order valence-corrected chi connectivity index (χ0v) is 10.6. The third-order valence-electron chi connectivity index (χ3n) is 2.28. The fourth-order valence-corrected chi connectivity index (χ4v) is 1.74. The molecule has 0 saturated heterocycles. The maximum absolute atomic E-state index is 12.3. The van der Waals surface area contributed by atoms with Crippen LogP contribution in [0.4, 0.5) is 13.2 Å². The lowest BCUT2D eigenvalue weighted by molar-refractivity contribution is -0.140. The molecule has 0 saturated carbocycles. The Hall–Kier alpha value is -1.23. The van der Waals surface area contributed by atoms with Gasteiger partial charge < -0.3 is 4.90 Å². The highest BCUT2D eigenvalue weighted by Crippen LogP contribution is 2.18. The van der Waals surface area contributed by atoms with Crippen LogP contribution in [0.2, 0.25) is 0 Å². The number of benzene rings is 1. The molecule has 0 spiro atoms. The van der Waals surface area contributed by atoms with E-state index in [2.05, 4.69) is 0 Å². The molecule has 0 bridgehead atoms. The summed E-state index contributed by atoms with van der Waals surface area (Å²) >= 11 is 5.43. The number of carbonyl (C=O) groups excluding carboxylic acids is 1. The van der Waals surface area contributed by atoms with Crippen molar-refractivity contribution in [2.75, 3.05) is 19.0 Å². The van der Waals surface area contributed by atoms with Crippen LogP contribution in [-0.2, 0) is 0 Å². The summed E-state index contributed by atoms with van der Waals surface area (Å²) in [6.07, 6.45) is -4.43. The summed E-state index contributed by atoms with van der Waals surface area (Å²) < 4.78 is 37.0. The molecule has 0 heterocycles. The Morgan fingerprint density at radius 3 is 2.56 bits per heavy atom. The summed E-state index contributed by atoms with van der Waals surface area (Å²) in [5, 5.41) is 0. The van der Waals surface area contributed by atoms with E-state index in [-0.39, 0.29) is 18.0 Å². The van der Waals surface area contributed by atoms with E-state index in [4.69, 9.17) is 11.6 Å². The monoisotopic (exact) mass is 279 g/mol. The van der Waals surface area contributed by atoms with Gasteiger partial charge in [-0.15, -0.1) is 11.6 Å². The quantitative estimate of drug-likeness (QED) is 0.775. The number of alkyl halides is 4. The van der Waals surface area contributed by atoms with Crippen LogP contribution in [-0.4, -0.2) is 36.0 Å². The lowest BCUT2D eigenvalue weighted by atomic mass is 10.1. The van der Waals surface area contributed by atoms with Crippen molar-refractivity contribution in [1.29, 1.82) is 0 Å². The number of nitrogens with zero attached hydrogens (tertiary/aromatic N) is 1. The Bertz CT molecular complexity index is 420. The molecule has 0 aromatic heterocycles. The van der Waals surface area contributed by atoms with Crippen LogP contribution in [0, 0.1) is 6.92 Å². The van der Waals surface area contributed by atoms with Gasteiger partial charge in [0.25, 0.3) is 5.91 Å². The van der Waals surface area contributed by atoms with Gasteiger partial charge in [0.05, 0.1) is 0 Å². The summed E-state index contributed by atoms with van der Waals surface area (Å²) in [6, 6.07) is 6.45. The Morgan fingerprint density at radius 2 is 2.06 bits per heavy atom. The molecule has 1 aromatic carbocycles. The average Bonchev–Trinajstić information content (AvgIpc) is 2.26. The highest BCUT2D eigenvalue weighted by Gasteiger charge is 2.33. The minimum atomic E-state index is -4.43. The number of amides is 1. The summed E-state index contributed by atoms with van der Waals surface area (Å²) in [5.41, 5.74) is 1.06. The Labute approximate surface area is 108 Å². The van der Waals surface area contributed by atoms with Crippen molar-refractivity contribution in [1.82, 2.24) is 4.90 Å². The minimum Gasteiger partial charge on any atom is -0.328 e. The fraction of sp³-hybridized carbons (Fsp3) is 0.417. The first-order valence-electron chi connectivity index (χ1n) is 5.32. The van der Waals surface area contributed by atoms with Crippen LogP contribution in [0.5, 0.6) is 0 Å². The van der Waals surface area contributed by atoms with Crippen LogP contribution in [0.15, 0.2) is 24.3 Å². The molecule has 1 amide bonds. The second-order valence-corrected chi connectivity index (χ2v) is 4.28. The summed E-state index contributed by atoms with van der Waals surface area (Å²) in [5.74, 6) is -0.690. The Kier molecular flexibility index (Phi) is 5.02. The maximum Gasteiger partial charge on any atom is 0.406 e. The van der Waals surface area contributed by atoms with Crippen molar-refractivity contribution in [2.45, 2.75) is 13.1 Å². The van der Waals surface area contributed by atoms with Crippen molar-refractivity contribution in [3.63, 3.8) is 0 Å². The van der Waals surface area contributed by atoms with Crippen LogP contribution >= 0.6 is 11.6 Å². The Balaban J connectivity index is 2.89. The molecule has 0 N–H and O–H groups in total. The largest absolute Gasteiger partial charge is 0.406 e. The fourth-order valence-electron chi connectivity index (χ4n) is 1.53. The van der Waals surface area contributed by atoms with Gasteiger partial charge in [-0.1, -0.05) is 17.7 Å². The van der Waals surface area contributed by atoms with Crippen molar-refractivity contribution < 1.29 is 18.0 Å². The Morgan fingerprint density at radius 1 is 1.39 bits per heavy atom. The molecule has 0 atom stereocenters. The molecular formula is C12H13ClF3NO. The first-order chi connectivity index (χ1) is 8.33. The molecule has 0 aliphatic heterocycles. The molecule has 1 aromatic rings. The molecular weight excluding hydrogens is 267 g/mol. The predicted octanol–water partition coefficient (Wildman–Crippen LogP) is 3.24. The maximum atomic E-state index is 12.3. The lowest BCUT2D eigenvalue weighted by Gasteiger charge is -2.23. The van der Waals surface area contributed by atoms with Crippen LogP contribution in [0.25, 0.3) is 0 Å². The lowest BCUT2D eigenvalue weighted by Crippen LogP contribution is -2.40. The molecule has 0 radical (unpaired) electrons. The van der Waals surface area contributed by atoms with Crippen molar-refractivity contribution in [3.05, 3.63) is 35.4 Å². The molecule has 0 fully saturated rings. The molecule has 6 heteroatoms. The first-order valence-corrected chi connectivity index (χ1v) is 5.85. The van der Waals surface area contributed by atoms with E-state index in [1.165, 1.54) is 6.07 Å². The minimum absolute atomic E-state index is 0.0341. The van der Waals surface area contributed by atoms with Crippen molar-refractivity contribution in [2.24, 2.45) is 0 Å². The van der Waals surface area contributed by atoms with Crippen LogP contribution < -0.4 is 0 Å². The van der Waals surface area contributed by atoms with Gasteiger partial charge in [0.15, 0.2) is 0 Å². The summed E-state index contributed by atoms with van der Waals surface area (Å²) in [7, 11) is 0. The smallest absolute Gasteiger partial charge is 0.328 e. The number of hydrogen-bond donors (Lipinski definition) is 0. The molecule has 0 unspecified atom stereocenters. The van der Waals surface area contributed by atoms with E-state index in [1.807, 2.05) is 0 Å². The van der Waals surface area contributed by atoms with Crippen molar-refractivity contribution in [3.8, 4) is 0 Å². The highest BCUT2D eigenvalue weighted by atomic mass is 35.5. The van der Waals surface area contributed by atoms with E-state index in [9.17, 15) is 18.0 Å². The van der Waals surface area contributed by atoms with Crippen LogP contribution in [0.1, 0.15) is 15.9 Å². The standard InChI is InChI=1S/C12H13ClF3NO/c1-9-3-2-4-10(7-9)11(18)17(6-5-13)8-12(14,15)16/h2-4,7H,5-6,8H2,1H3. The zero-order chi connectivity index (χ0) is 13.8. The molecule has 0 aliphatic rings. The van der Waals surface area contributed by atoms with Gasteiger partial charge in [-0.2, -0.15) is 13.2 Å². The third kappa shape index (κ3) is 4.56. The molecule has 2 nitrogen and oxygen atoms in total. The molecule has 1 rings (SSSR count). The van der Waals surface area contributed by atoms with Crippen LogP contribution in [0.3, 0.4) is 0 Å². The van der Waals surface area contributed by atoms with Gasteiger partial charge >= 0.3 is 6.18 Å². The second kappa shape index (κ2) is 6.09. The van der Waals surface area contributed by atoms with Gasteiger partial charge in [-0.05, 0) is 19.1 Å². The van der Waals surface area contributed by atoms with E-state index < -0.39 is 18.6 Å². The topological polar surface area (TPSA) is 20.3 Å². The molecule has 0 aliphatic carbocycles. The van der Waals surface area contributed by atoms with E-state index in [0.717, 1.165) is 5.56 Å². The number of rotatable bonds is 4. The SMILES string of the molecule is Cc1cccc(C(=O)N(CCCl)CC(F)(F)F)c1. The van der Waals surface area contributed by atoms with E-state index in [1.54, 1.807) is 25.1 Å². The summed E-state index contributed by atoms with van der Waals surface area (Å²) in [6.45, 7) is 0.354. The zero-order valence-electron chi connectivity index (χ0n) is 9.80. The third-order valence-corrected chi connectivity index (χ3v) is 2.45. The van der Waals surface area contributed by atoms with Crippen molar-refractivity contribution >= 4 is 17.5 Å². The number of hydrogen-bond acceptors (Lipinski definition) is 1.